The fourth-order valence-corrected chi connectivity index (χ4v) is 3.29. The number of rotatable bonds is 6. The third kappa shape index (κ3) is 6.86. The SMILES string of the molecule is O=C(OS(=O)(=O)[N-]S(=O)(=O)OC(=O)c1ccccc1)c1ccccc1.[Na+]. The van der Waals surface area contributed by atoms with Crippen LogP contribution in [0.1, 0.15) is 20.7 Å². The minimum atomic E-state index is -5.20. The number of hydrogen-bond acceptors (Lipinski definition) is 8. The van der Waals surface area contributed by atoms with Crippen molar-refractivity contribution in [2.75, 3.05) is 0 Å². The molecular weight excluding hydrogens is 397 g/mol. The zero-order chi connectivity index (χ0) is 18.5. The van der Waals surface area contributed by atoms with E-state index in [2.05, 4.69) is 12.5 Å². The van der Waals surface area contributed by atoms with Crippen molar-refractivity contribution >= 4 is 32.5 Å². The Morgan fingerprint density at radius 1 is 0.654 bits per heavy atom. The van der Waals surface area contributed by atoms with Gasteiger partial charge in [-0.05, 0) is 24.3 Å². The van der Waals surface area contributed by atoms with E-state index in [9.17, 15) is 26.4 Å². The fraction of sp³-hybridized carbons (Fsp3) is 0. The van der Waals surface area contributed by atoms with E-state index in [0.717, 1.165) is 0 Å². The second kappa shape index (κ2) is 9.26. The van der Waals surface area contributed by atoms with Crippen molar-refractivity contribution in [3.05, 3.63) is 75.9 Å². The van der Waals surface area contributed by atoms with Crippen molar-refractivity contribution in [3.8, 4) is 0 Å². The molecule has 0 aromatic heterocycles. The average Bonchev–Trinajstić information content (AvgIpc) is 2.54. The molecule has 2 aromatic carbocycles. The van der Waals surface area contributed by atoms with Gasteiger partial charge in [-0.2, -0.15) is 0 Å². The molecule has 0 atom stereocenters. The molecular formula is C14H10NNaO8S2. The first kappa shape index (κ1) is 22.3. The number of carbonyl (C=O) groups excluding carboxylic acids is 2. The van der Waals surface area contributed by atoms with Crippen LogP contribution in [0.3, 0.4) is 0 Å². The molecule has 0 spiro atoms. The van der Waals surface area contributed by atoms with Crippen LogP contribution in [0.15, 0.2) is 60.7 Å². The Hall–Kier alpha value is -1.76. The number of benzene rings is 2. The average molecular weight is 407 g/mol. The Kier molecular flexibility index (Phi) is 7.93. The van der Waals surface area contributed by atoms with Crippen LogP contribution in [-0.4, -0.2) is 28.8 Å². The predicted octanol–water partition coefficient (Wildman–Crippen LogP) is -1.43. The zero-order valence-electron chi connectivity index (χ0n) is 13.3. The van der Waals surface area contributed by atoms with Gasteiger partial charge < -0.3 is 12.5 Å². The van der Waals surface area contributed by atoms with E-state index < -0.39 is 32.5 Å². The maximum absolute atomic E-state index is 11.6. The molecule has 0 saturated heterocycles. The smallest absolute Gasteiger partial charge is 0.366 e. The van der Waals surface area contributed by atoms with Gasteiger partial charge in [-0.3, -0.25) is 0 Å². The monoisotopic (exact) mass is 407 g/mol. The van der Waals surface area contributed by atoms with Crippen LogP contribution in [0.25, 0.3) is 4.13 Å². The van der Waals surface area contributed by atoms with Gasteiger partial charge >= 0.3 is 41.5 Å². The van der Waals surface area contributed by atoms with E-state index >= 15 is 0 Å². The third-order valence-electron chi connectivity index (χ3n) is 2.56. The fourth-order valence-electron chi connectivity index (χ4n) is 1.58. The molecule has 132 valence electrons. The number of carbonyl (C=O) groups is 2. The van der Waals surface area contributed by atoms with Crippen LogP contribution in [0, 0.1) is 0 Å². The van der Waals surface area contributed by atoms with Gasteiger partial charge in [0.25, 0.3) is 20.6 Å². The summed E-state index contributed by atoms with van der Waals surface area (Å²) in [5, 5.41) is 0. The maximum atomic E-state index is 11.6. The summed E-state index contributed by atoms with van der Waals surface area (Å²) in [6.45, 7) is 0. The van der Waals surface area contributed by atoms with Crippen molar-refractivity contribution in [3.63, 3.8) is 0 Å². The van der Waals surface area contributed by atoms with Crippen molar-refractivity contribution in [2.45, 2.75) is 0 Å². The van der Waals surface area contributed by atoms with Gasteiger partial charge in [0.1, 0.15) is 0 Å². The third-order valence-corrected chi connectivity index (χ3v) is 4.75. The van der Waals surface area contributed by atoms with Crippen LogP contribution in [0.5, 0.6) is 0 Å². The molecule has 12 heteroatoms. The molecule has 9 nitrogen and oxygen atoms in total. The molecule has 0 N–H and O–H groups in total. The molecule has 2 rings (SSSR count). The zero-order valence-corrected chi connectivity index (χ0v) is 16.9. The summed E-state index contributed by atoms with van der Waals surface area (Å²) in [4.78, 5) is 23.3. The summed E-state index contributed by atoms with van der Waals surface area (Å²) in [5.74, 6) is -2.68. The van der Waals surface area contributed by atoms with Crippen molar-refractivity contribution < 1.29 is 64.3 Å². The van der Waals surface area contributed by atoms with Crippen LogP contribution in [0.4, 0.5) is 0 Å². The molecule has 0 aliphatic carbocycles. The van der Waals surface area contributed by atoms with E-state index in [1.807, 2.05) is 0 Å². The molecule has 0 aliphatic rings. The molecule has 0 saturated carbocycles. The first-order chi connectivity index (χ1) is 11.7. The van der Waals surface area contributed by atoms with Gasteiger partial charge in [-0.15, -0.1) is 0 Å². The van der Waals surface area contributed by atoms with Crippen molar-refractivity contribution in [2.24, 2.45) is 0 Å². The first-order valence-electron chi connectivity index (χ1n) is 6.50. The topological polar surface area (TPSA) is 135 Å². The number of hydrogen-bond donors (Lipinski definition) is 0. The molecule has 0 aliphatic heterocycles. The Bertz CT molecular complexity index is 895. The molecule has 0 unspecified atom stereocenters. The molecule has 2 aromatic rings. The Balaban J connectivity index is 0.00000338. The van der Waals surface area contributed by atoms with E-state index in [-0.39, 0.29) is 40.7 Å². The van der Waals surface area contributed by atoms with Gasteiger partial charge in [-0.1, -0.05) is 36.4 Å². The first-order valence-corrected chi connectivity index (χ1v) is 9.23. The normalized spacial score (nSPS) is 11.1. The van der Waals surface area contributed by atoms with E-state index in [0.29, 0.717) is 0 Å². The van der Waals surface area contributed by atoms with E-state index in [1.165, 1.54) is 48.5 Å². The van der Waals surface area contributed by atoms with Crippen molar-refractivity contribution in [1.82, 2.24) is 0 Å². The Morgan fingerprint density at radius 2 is 0.962 bits per heavy atom. The molecule has 0 heterocycles. The summed E-state index contributed by atoms with van der Waals surface area (Å²) in [6.07, 6.45) is 0. The minimum Gasteiger partial charge on any atom is -0.366 e. The summed E-state index contributed by atoms with van der Waals surface area (Å²) in [6, 6.07) is 13.9. The molecule has 0 radical (unpaired) electrons. The summed E-state index contributed by atoms with van der Waals surface area (Å²) in [5.41, 5.74) is -0.278. The van der Waals surface area contributed by atoms with Crippen LogP contribution in [0.2, 0.25) is 0 Å². The predicted molar refractivity (Wildman–Crippen MR) is 84.9 cm³/mol. The Morgan fingerprint density at radius 3 is 1.27 bits per heavy atom. The standard InChI is InChI=1S/C14H10NO8S2.Na/c16-13(11-7-3-1-4-8-11)22-24(18,19)15-25(20,21)23-14(17)12-9-5-2-6-10-12;/h1-10H;/q-1;+1. The summed E-state index contributed by atoms with van der Waals surface area (Å²) >= 11 is 0. The van der Waals surface area contributed by atoms with E-state index in [1.54, 1.807) is 12.1 Å². The van der Waals surface area contributed by atoms with Gasteiger partial charge in [0, 0.05) is 0 Å². The van der Waals surface area contributed by atoms with Crippen LogP contribution >= 0.6 is 0 Å². The van der Waals surface area contributed by atoms with Crippen molar-refractivity contribution in [1.29, 1.82) is 0 Å². The van der Waals surface area contributed by atoms with Crippen LogP contribution in [-0.2, 0) is 29.0 Å². The second-order valence-electron chi connectivity index (χ2n) is 4.40. The van der Waals surface area contributed by atoms with Crippen LogP contribution < -0.4 is 29.6 Å². The Labute approximate surface area is 172 Å². The molecule has 0 bridgehead atoms. The van der Waals surface area contributed by atoms with Gasteiger partial charge in [0.15, 0.2) is 0 Å². The van der Waals surface area contributed by atoms with Gasteiger partial charge in [-0.25, -0.2) is 26.4 Å². The quantitative estimate of drug-likeness (QED) is 0.532. The molecule has 0 fully saturated rings. The van der Waals surface area contributed by atoms with Gasteiger partial charge in [0.2, 0.25) is 0 Å². The number of nitrogens with zero attached hydrogens (tertiary/aromatic N) is 1. The second-order valence-corrected chi connectivity index (χ2v) is 7.04. The maximum Gasteiger partial charge on any atom is 1.00 e. The van der Waals surface area contributed by atoms with E-state index in [4.69, 9.17) is 0 Å². The minimum absolute atomic E-state index is 0. The van der Waals surface area contributed by atoms with Gasteiger partial charge in [0.05, 0.1) is 11.1 Å². The largest absolute Gasteiger partial charge is 1.00 e. The molecule has 0 amide bonds. The molecule has 26 heavy (non-hydrogen) atoms. The summed E-state index contributed by atoms with van der Waals surface area (Å²) < 4.78 is 56.7. The summed E-state index contributed by atoms with van der Waals surface area (Å²) in [7, 11) is -10.4.